The highest BCUT2D eigenvalue weighted by Gasteiger charge is 2.07. The van der Waals surface area contributed by atoms with E-state index in [0.717, 1.165) is 17.1 Å². The van der Waals surface area contributed by atoms with Gasteiger partial charge in [-0.05, 0) is 25.1 Å². The van der Waals surface area contributed by atoms with Gasteiger partial charge in [-0.1, -0.05) is 13.0 Å². The maximum absolute atomic E-state index is 11.4. The van der Waals surface area contributed by atoms with Gasteiger partial charge < -0.3 is 10.6 Å². The average Bonchev–Trinajstić information content (AvgIpc) is 2.93. The SMILES string of the molecule is CCC(=O)Nc1cccc(NC(C)c2cscn2)c1. The summed E-state index contributed by atoms with van der Waals surface area (Å²) in [4.78, 5) is 15.6. The van der Waals surface area contributed by atoms with E-state index in [2.05, 4.69) is 22.5 Å². The lowest BCUT2D eigenvalue weighted by atomic mass is 10.2. The number of rotatable bonds is 5. The van der Waals surface area contributed by atoms with Gasteiger partial charge in [-0.3, -0.25) is 4.79 Å². The zero-order valence-electron chi connectivity index (χ0n) is 11.0. The highest BCUT2D eigenvalue weighted by Crippen LogP contribution is 2.21. The van der Waals surface area contributed by atoms with Crippen molar-refractivity contribution < 1.29 is 4.79 Å². The van der Waals surface area contributed by atoms with Crippen LogP contribution in [-0.4, -0.2) is 10.9 Å². The number of aromatic nitrogens is 1. The van der Waals surface area contributed by atoms with Crippen LogP contribution in [0.5, 0.6) is 0 Å². The van der Waals surface area contributed by atoms with Crippen molar-refractivity contribution in [3.8, 4) is 0 Å². The van der Waals surface area contributed by atoms with Crippen molar-refractivity contribution >= 4 is 28.6 Å². The molecule has 1 aromatic carbocycles. The lowest BCUT2D eigenvalue weighted by Crippen LogP contribution is -2.10. The van der Waals surface area contributed by atoms with Crippen molar-refractivity contribution in [2.45, 2.75) is 26.3 Å². The topological polar surface area (TPSA) is 54.0 Å². The van der Waals surface area contributed by atoms with Crippen LogP contribution in [0.15, 0.2) is 35.2 Å². The first-order valence-corrected chi connectivity index (χ1v) is 7.18. The van der Waals surface area contributed by atoms with Gasteiger partial charge in [0.15, 0.2) is 0 Å². The van der Waals surface area contributed by atoms with Gasteiger partial charge in [-0.15, -0.1) is 11.3 Å². The summed E-state index contributed by atoms with van der Waals surface area (Å²) in [6.07, 6.45) is 0.479. The second-order valence-corrected chi connectivity index (χ2v) is 4.98. The fourth-order valence-electron chi connectivity index (χ4n) is 1.70. The molecule has 2 rings (SSSR count). The Morgan fingerprint density at radius 2 is 2.21 bits per heavy atom. The summed E-state index contributed by atoms with van der Waals surface area (Å²) in [6, 6.07) is 7.84. The monoisotopic (exact) mass is 275 g/mol. The van der Waals surface area contributed by atoms with Crippen LogP contribution in [-0.2, 0) is 4.79 Å². The highest BCUT2D eigenvalue weighted by molar-refractivity contribution is 7.07. The fraction of sp³-hybridized carbons (Fsp3) is 0.286. The summed E-state index contributed by atoms with van der Waals surface area (Å²) < 4.78 is 0. The van der Waals surface area contributed by atoms with E-state index in [1.165, 1.54) is 0 Å². The van der Waals surface area contributed by atoms with E-state index >= 15 is 0 Å². The molecule has 2 aromatic rings. The molecule has 0 aliphatic heterocycles. The number of thiazole rings is 1. The number of hydrogen-bond acceptors (Lipinski definition) is 4. The zero-order valence-corrected chi connectivity index (χ0v) is 11.8. The summed E-state index contributed by atoms with van der Waals surface area (Å²) in [7, 11) is 0. The predicted octanol–water partition coefficient (Wildman–Crippen LogP) is 3.66. The Bertz CT molecular complexity index is 539. The Kier molecular flexibility index (Phi) is 4.52. The number of benzene rings is 1. The Hall–Kier alpha value is -1.88. The van der Waals surface area contributed by atoms with Gasteiger partial charge in [0.25, 0.3) is 0 Å². The molecule has 1 amide bonds. The first-order chi connectivity index (χ1) is 9.19. The zero-order chi connectivity index (χ0) is 13.7. The Labute approximate surface area is 116 Å². The lowest BCUT2D eigenvalue weighted by Gasteiger charge is -2.14. The Balaban J connectivity index is 2.04. The minimum atomic E-state index is 0.0182. The van der Waals surface area contributed by atoms with Crippen LogP contribution >= 0.6 is 11.3 Å². The number of nitrogens with zero attached hydrogens (tertiary/aromatic N) is 1. The second-order valence-electron chi connectivity index (χ2n) is 4.26. The molecule has 19 heavy (non-hydrogen) atoms. The van der Waals surface area contributed by atoms with Crippen molar-refractivity contribution in [1.29, 1.82) is 0 Å². The molecular formula is C14H17N3OS. The van der Waals surface area contributed by atoms with E-state index in [4.69, 9.17) is 0 Å². The minimum Gasteiger partial charge on any atom is -0.377 e. The summed E-state index contributed by atoms with van der Waals surface area (Å²) in [5, 5.41) is 8.24. The maximum Gasteiger partial charge on any atom is 0.224 e. The lowest BCUT2D eigenvalue weighted by molar-refractivity contribution is -0.115. The number of nitrogens with one attached hydrogen (secondary N) is 2. The summed E-state index contributed by atoms with van der Waals surface area (Å²) in [5.41, 5.74) is 4.62. The normalized spacial score (nSPS) is 11.9. The largest absolute Gasteiger partial charge is 0.377 e. The van der Waals surface area contributed by atoms with E-state index in [1.54, 1.807) is 11.3 Å². The van der Waals surface area contributed by atoms with Crippen molar-refractivity contribution in [3.05, 3.63) is 40.8 Å². The molecule has 5 heteroatoms. The van der Waals surface area contributed by atoms with E-state index in [0.29, 0.717) is 6.42 Å². The van der Waals surface area contributed by atoms with E-state index in [1.807, 2.05) is 42.1 Å². The molecule has 0 saturated carbocycles. The fourth-order valence-corrected chi connectivity index (χ4v) is 2.34. The number of hydrogen-bond donors (Lipinski definition) is 2. The van der Waals surface area contributed by atoms with Crippen LogP contribution < -0.4 is 10.6 Å². The molecule has 1 aromatic heterocycles. The maximum atomic E-state index is 11.4. The summed E-state index contributed by atoms with van der Waals surface area (Å²) >= 11 is 1.58. The molecule has 1 atom stereocenters. The predicted molar refractivity (Wildman–Crippen MR) is 79.5 cm³/mol. The van der Waals surface area contributed by atoms with Gasteiger partial charge >= 0.3 is 0 Å². The summed E-state index contributed by atoms with van der Waals surface area (Å²) in [5.74, 6) is 0.0182. The first-order valence-electron chi connectivity index (χ1n) is 6.23. The third-order valence-electron chi connectivity index (χ3n) is 2.75. The molecule has 0 saturated heterocycles. The molecule has 0 radical (unpaired) electrons. The van der Waals surface area contributed by atoms with Crippen LogP contribution in [0.4, 0.5) is 11.4 Å². The molecule has 0 fully saturated rings. The van der Waals surface area contributed by atoms with Gasteiger partial charge in [-0.25, -0.2) is 4.98 Å². The van der Waals surface area contributed by atoms with Gasteiger partial charge in [0.05, 0.1) is 17.2 Å². The molecule has 2 N–H and O–H groups in total. The van der Waals surface area contributed by atoms with E-state index in [9.17, 15) is 4.79 Å². The standard InChI is InChI=1S/C14H17N3OS/c1-3-14(18)17-12-6-4-5-11(7-12)16-10(2)13-8-19-9-15-13/h4-10,16H,3H2,1-2H3,(H,17,18). The van der Waals surface area contributed by atoms with Crippen LogP contribution in [0.25, 0.3) is 0 Å². The third kappa shape index (κ3) is 3.79. The molecule has 100 valence electrons. The van der Waals surface area contributed by atoms with Crippen LogP contribution in [0.1, 0.15) is 32.0 Å². The molecular weight excluding hydrogens is 258 g/mol. The van der Waals surface area contributed by atoms with Gasteiger partial charge in [0.1, 0.15) is 0 Å². The van der Waals surface area contributed by atoms with E-state index in [-0.39, 0.29) is 11.9 Å². The minimum absolute atomic E-state index is 0.0182. The smallest absolute Gasteiger partial charge is 0.224 e. The third-order valence-corrected chi connectivity index (χ3v) is 3.35. The van der Waals surface area contributed by atoms with Gasteiger partial charge in [-0.2, -0.15) is 0 Å². The highest BCUT2D eigenvalue weighted by atomic mass is 32.1. The van der Waals surface area contributed by atoms with Crippen molar-refractivity contribution in [2.75, 3.05) is 10.6 Å². The van der Waals surface area contributed by atoms with Crippen molar-refractivity contribution in [2.24, 2.45) is 0 Å². The van der Waals surface area contributed by atoms with Gasteiger partial charge in [0, 0.05) is 23.2 Å². The van der Waals surface area contributed by atoms with Crippen LogP contribution in [0, 0.1) is 0 Å². The molecule has 0 bridgehead atoms. The molecule has 0 spiro atoms. The van der Waals surface area contributed by atoms with Crippen molar-refractivity contribution in [3.63, 3.8) is 0 Å². The number of amides is 1. The second kappa shape index (κ2) is 6.33. The van der Waals surface area contributed by atoms with Gasteiger partial charge in [0.2, 0.25) is 5.91 Å². The molecule has 1 unspecified atom stereocenters. The number of carbonyl (C=O) groups excluding carboxylic acids is 1. The van der Waals surface area contributed by atoms with Crippen molar-refractivity contribution in [1.82, 2.24) is 4.98 Å². The molecule has 0 aliphatic carbocycles. The quantitative estimate of drug-likeness (QED) is 0.875. The number of anilines is 2. The van der Waals surface area contributed by atoms with Crippen LogP contribution in [0.2, 0.25) is 0 Å². The van der Waals surface area contributed by atoms with E-state index < -0.39 is 0 Å². The molecule has 4 nitrogen and oxygen atoms in total. The average molecular weight is 275 g/mol. The number of carbonyl (C=O) groups is 1. The Morgan fingerprint density at radius 3 is 2.89 bits per heavy atom. The Morgan fingerprint density at radius 1 is 1.42 bits per heavy atom. The molecule has 0 aliphatic rings. The summed E-state index contributed by atoms with van der Waals surface area (Å²) in [6.45, 7) is 3.90. The van der Waals surface area contributed by atoms with Crippen LogP contribution in [0.3, 0.4) is 0 Å². The molecule has 1 heterocycles. The first kappa shape index (κ1) is 13.5.